The van der Waals surface area contributed by atoms with Crippen molar-refractivity contribution in [3.63, 3.8) is 0 Å². The second kappa shape index (κ2) is 6.61. The molecule has 3 heteroatoms. The quantitative estimate of drug-likeness (QED) is 0.867. The van der Waals surface area contributed by atoms with Crippen LogP contribution in [0.5, 0.6) is 5.88 Å². The summed E-state index contributed by atoms with van der Waals surface area (Å²) in [5.74, 6) is 0.657. The minimum atomic E-state index is 0.108. The molecule has 0 amide bonds. The standard InChI is InChI=1S/C18H24N2O/c1-12(2)21-18-17(7-6-10-19-18)20-15(5)16-11-13(3)8-9-14(16)4/h6-12,15,20H,1-5H3. The van der Waals surface area contributed by atoms with Gasteiger partial charge in [-0.25, -0.2) is 4.98 Å². The van der Waals surface area contributed by atoms with Gasteiger partial charge in [0.05, 0.1) is 11.8 Å². The van der Waals surface area contributed by atoms with Crippen molar-refractivity contribution in [1.29, 1.82) is 0 Å². The molecule has 1 unspecified atom stereocenters. The molecule has 1 aromatic carbocycles. The number of benzene rings is 1. The average Bonchev–Trinajstić information content (AvgIpc) is 2.43. The average molecular weight is 284 g/mol. The second-order valence-corrected chi connectivity index (χ2v) is 5.75. The smallest absolute Gasteiger partial charge is 0.237 e. The topological polar surface area (TPSA) is 34.2 Å². The third-order valence-electron chi connectivity index (χ3n) is 3.39. The van der Waals surface area contributed by atoms with Gasteiger partial charge >= 0.3 is 0 Å². The molecule has 3 nitrogen and oxygen atoms in total. The number of hydrogen-bond acceptors (Lipinski definition) is 3. The van der Waals surface area contributed by atoms with Gasteiger partial charge in [0, 0.05) is 12.2 Å². The number of ether oxygens (including phenoxy) is 1. The molecular weight excluding hydrogens is 260 g/mol. The molecule has 1 heterocycles. The van der Waals surface area contributed by atoms with E-state index in [1.807, 2.05) is 26.0 Å². The first-order valence-electron chi connectivity index (χ1n) is 7.42. The van der Waals surface area contributed by atoms with Crippen molar-refractivity contribution >= 4 is 5.69 Å². The molecule has 1 atom stereocenters. The van der Waals surface area contributed by atoms with E-state index in [-0.39, 0.29) is 12.1 Å². The zero-order valence-electron chi connectivity index (χ0n) is 13.5. The lowest BCUT2D eigenvalue weighted by atomic mass is 10.00. The Labute approximate surface area is 127 Å². The van der Waals surface area contributed by atoms with E-state index in [1.165, 1.54) is 16.7 Å². The van der Waals surface area contributed by atoms with Gasteiger partial charge in [-0.2, -0.15) is 0 Å². The Morgan fingerprint density at radius 2 is 1.86 bits per heavy atom. The van der Waals surface area contributed by atoms with E-state index in [0.29, 0.717) is 5.88 Å². The number of nitrogens with zero attached hydrogens (tertiary/aromatic N) is 1. The minimum absolute atomic E-state index is 0.108. The van der Waals surface area contributed by atoms with Crippen LogP contribution in [-0.4, -0.2) is 11.1 Å². The molecule has 0 radical (unpaired) electrons. The Balaban J connectivity index is 2.23. The van der Waals surface area contributed by atoms with Crippen molar-refractivity contribution in [1.82, 2.24) is 4.98 Å². The Morgan fingerprint density at radius 3 is 2.57 bits per heavy atom. The highest BCUT2D eigenvalue weighted by molar-refractivity contribution is 5.54. The van der Waals surface area contributed by atoms with E-state index in [9.17, 15) is 0 Å². The van der Waals surface area contributed by atoms with Crippen LogP contribution in [-0.2, 0) is 0 Å². The maximum atomic E-state index is 5.76. The maximum absolute atomic E-state index is 5.76. The van der Waals surface area contributed by atoms with E-state index in [2.05, 4.69) is 49.3 Å². The van der Waals surface area contributed by atoms with E-state index >= 15 is 0 Å². The third kappa shape index (κ3) is 3.97. The second-order valence-electron chi connectivity index (χ2n) is 5.75. The molecule has 2 rings (SSSR count). The lowest BCUT2D eigenvalue weighted by Crippen LogP contribution is -2.13. The summed E-state index contributed by atoms with van der Waals surface area (Å²) < 4.78 is 5.76. The Bertz CT molecular complexity index is 608. The summed E-state index contributed by atoms with van der Waals surface area (Å²) in [6.07, 6.45) is 1.86. The predicted molar refractivity (Wildman–Crippen MR) is 88.0 cm³/mol. The molecule has 112 valence electrons. The van der Waals surface area contributed by atoms with Crippen LogP contribution < -0.4 is 10.1 Å². The number of hydrogen-bond donors (Lipinski definition) is 1. The van der Waals surface area contributed by atoms with Crippen molar-refractivity contribution < 1.29 is 4.74 Å². The predicted octanol–water partition coefficient (Wildman–Crippen LogP) is 4.66. The zero-order valence-corrected chi connectivity index (χ0v) is 13.5. The van der Waals surface area contributed by atoms with Gasteiger partial charge in [-0.1, -0.05) is 23.8 Å². The molecule has 0 spiro atoms. The van der Waals surface area contributed by atoms with Crippen LogP contribution in [0, 0.1) is 13.8 Å². The van der Waals surface area contributed by atoms with Gasteiger partial charge in [0.1, 0.15) is 0 Å². The van der Waals surface area contributed by atoms with Crippen molar-refractivity contribution in [3.8, 4) is 5.88 Å². The Morgan fingerprint density at radius 1 is 1.10 bits per heavy atom. The number of aryl methyl sites for hydroxylation is 2. The molecule has 1 aromatic heterocycles. The molecule has 0 fully saturated rings. The van der Waals surface area contributed by atoms with Crippen LogP contribution in [0.3, 0.4) is 0 Å². The van der Waals surface area contributed by atoms with Gasteiger partial charge in [-0.3, -0.25) is 0 Å². The lowest BCUT2D eigenvalue weighted by molar-refractivity contribution is 0.234. The van der Waals surface area contributed by atoms with Crippen LogP contribution in [0.2, 0.25) is 0 Å². The molecule has 2 aromatic rings. The van der Waals surface area contributed by atoms with E-state index < -0.39 is 0 Å². The molecular formula is C18H24N2O. The number of anilines is 1. The van der Waals surface area contributed by atoms with E-state index in [4.69, 9.17) is 4.74 Å². The van der Waals surface area contributed by atoms with E-state index in [1.54, 1.807) is 6.20 Å². The minimum Gasteiger partial charge on any atom is -0.473 e. The highest BCUT2D eigenvalue weighted by Gasteiger charge is 2.12. The summed E-state index contributed by atoms with van der Waals surface area (Å²) in [5, 5.41) is 3.51. The Kier molecular flexibility index (Phi) is 4.84. The van der Waals surface area contributed by atoms with Crippen LogP contribution in [0.1, 0.15) is 43.5 Å². The lowest BCUT2D eigenvalue weighted by Gasteiger charge is -2.20. The van der Waals surface area contributed by atoms with Gasteiger partial charge in [0.2, 0.25) is 5.88 Å². The molecule has 0 saturated heterocycles. The number of nitrogens with one attached hydrogen (secondary N) is 1. The fourth-order valence-corrected chi connectivity index (χ4v) is 2.36. The van der Waals surface area contributed by atoms with Crippen LogP contribution in [0.25, 0.3) is 0 Å². The van der Waals surface area contributed by atoms with Gasteiger partial charge in [-0.15, -0.1) is 0 Å². The molecule has 21 heavy (non-hydrogen) atoms. The number of aromatic nitrogens is 1. The highest BCUT2D eigenvalue weighted by Crippen LogP contribution is 2.28. The first kappa shape index (κ1) is 15.4. The van der Waals surface area contributed by atoms with Crippen molar-refractivity contribution in [3.05, 3.63) is 53.2 Å². The first-order valence-corrected chi connectivity index (χ1v) is 7.42. The third-order valence-corrected chi connectivity index (χ3v) is 3.39. The van der Waals surface area contributed by atoms with Crippen molar-refractivity contribution in [2.24, 2.45) is 0 Å². The molecule has 0 aliphatic rings. The van der Waals surface area contributed by atoms with Gasteiger partial charge in [-0.05, 0) is 57.9 Å². The zero-order chi connectivity index (χ0) is 15.4. The summed E-state index contributed by atoms with van der Waals surface area (Å²) >= 11 is 0. The van der Waals surface area contributed by atoms with Gasteiger partial charge in [0.15, 0.2) is 0 Å². The number of rotatable bonds is 5. The SMILES string of the molecule is Cc1ccc(C)c(C(C)Nc2cccnc2OC(C)C)c1. The molecule has 0 aliphatic carbocycles. The van der Waals surface area contributed by atoms with Gasteiger partial charge < -0.3 is 10.1 Å². The normalized spacial score (nSPS) is 12.3. The molecule has 0 saturated carbocycles. The monoisotopic (exact) mass is 284 g/mol. The first-order chi connectivity index (χ1) is 9.97. The fourth-order valence-electron chi connectivity index (χ4n) is 2.36. The summed E-state index contributed by atoms with van der Waals surface area (Å²) in [6.45, 7) is 10.4. The van der Waals surface area contributed by atoms with E-state index in [0.717, 1.165) is 5.69 Å². The summed E-state index contributed by atoms with van der Waals surface area (Å²) in [7, 11) is 0. The Hall–Kier alpha value is -2.03. The van der Waals surface area contributed by atoms with Gasteiger partial charge in [0.25, 0.3) is 0 Å². The highest BCUT2D eigenvalue weighted by atomic mass is 16.5. The molecule has 0 bridgehead atoms. The maximum Gasteiger partial charge on any atom is 0.237 e. The summed E-state index contributed by atoms with van der Waals surface area (Å²) in [5.41, 5.74) is 4.79. The summed E-state index contributed by atoms with van der Waals surface area (Å²) in [4.78, 5) is 4.32. The number of pyridine rings is 1. The van der Waals surface area contributed by atoms with Crippen molar-refractivity contribution in [2.75, 3.05) is 5.32 Å². The van der Waals surface area contributed by atoms with Crippen molar-refractivity contribution in [2.45, 2.75) is 46.8 Å². The largest absolute Gasteiger partial charge is 0.473 e. The summed E-state index contributed by atoms with van der Waals surface area (Å²) in [6, 6.07) is 10.7. The fraction of sp³-hybridized carbons (Fsp3) is 0.389. The van der Waals surface area contributed by atoms with Crippen LogP contribution >= 0.6 is 0 Å². The van der Waals surface area contributed by atoms with Crippen LogP contribution in [0.15, 0.2) is 36.5 Å². The molecule has 1 N–H and O–H groups in total. The van der Waals surface area contributed by atoms with Crippen LogP contribution in [0.4, 0.5) is 5.69 Å². The molecule has 0 aliphatic heterocycles.